The van der Waals surface area contributed by atoms with Crippen LogP contribution in [0, 0.1) is 0 Å². The van der Waals surface area contributed by atoms with Gasteiger partial charge in [0, 0.05) is 20.3 Å². The second-order valence-corrected chi connectivity index (χ2v) is 3.88. The van der Waals surface area contributed by atoms with E-state index in [1.807, 2.05) is 13.8 Å². The van der Waals surface area contributed by atoms with Crippen LogP contribution in [0.15, 0.2) is 4.42 Å². The molecule has 0 fully saturated rings. The highest BCUT2D eigenvalue weighted by atomic mass is 16.5. The van der Waals surface area contributed by atoms with Gasteiger partial charge in [-0.1, -0.05) is 5.10 Å². The minimum Gasteiger partial charge on any atom is -0.407 e. The van der Waals surface area contributed by atoms with Crippen molar-refractivity contribution in [1.29, 1.82) is 0 Å². The van der Waals surface area contributed by atoms with Gasteiger partial charge < -0.3 is 24.5 Å². The van der Waals surface area contributed by atoms with Crippen LogP contribution in [0.3, 0.4) is 0 Å². The molecule has 0 bridgehead atoms. The maximum atomic E-state index is 5.42. The number of aromatic nitrogens is 2. The molecule has 7 nitrogen and oxygen atoms in total. The van der Waals surface area contributed by atoms with Crippen LogP contribution >= 0.6 is 0 Å². The molecular formula is C11H22N4O3. The lowest BCUT2D eigenvalue weighted by Crippen LogP contribution is -2.21. The van der Waals surface area contributed by atoms with Crippen LogP contribution in [0.25, 0.3) is 0 Å². The van der Waals surface area contributed by atoms with Crippen molar-refractivity contribution in [2.24, 2.45) is 0 Å². The Balaban J connectivity index is 2.25. The van der Waals surface area contributed by atoms with E-state index in [1.54, 1.807) is 7.11 Å². The summed E-state index contributed by atoms with van der Waals surface area (Å²) in [5.74, 6) is 0.553. The van der Waals surface area contributed by atoms with E-state index >= 15 is 0 Å². The van der Waals surface area contributed by atoms with Gasteiger partial charge in [0.15, 0.2) is 0 Å². The number of hydrogen-bond donors (Lipinski definition) is 2. The van der Waals surface area contributed by atoms with Gasteiger partial charge in [0.2, 0.25) is 5.89 Å². The van der Waals surface area contributed by atoms with Gasteiger partial charge in [-0.2, -0.15) is 0 Å². The Morgan fingerprint density at radius 2 is 2.22 bits per heavy atom. The highest BCUT2D eigenvalue weighted by Gasteiger charge is 2.08. The van der Waals surface area contributed by atoms with Crippen molar-refractivity contribution in [2.45, 2.75) is 26.4 Å². The molecule has 0 saturated heterocycles. The molecule has 0 aliphatic heterocycles. The Morgan fingerprint density at radius 3 is 2.94 bits per heavy atom. The van der Waals surface area contributed by atoms with E-state index in [0.29, 0.717) is 38.3 Å². The second kappa shape index (κ2) is 8.84. The lowest BCUT2D eigenvalue weighted by atomic mass is 10.4. The van der Waals surface area contributed by atoms with E-state index in [4.69, 9.17) is 13.9 Å². The average Bonchev–Trinajstić information content (AvgIpc) is 2.80. The Morgan fingerprint density at radius 1 is 1.39 bits per heavy atom. The highest BCUT2D eigenvalue weighted by molar-refractivity contribution is 5.18. The van der Waals surface area contributed by atoms with Crippen molar-refractivity contribution in [3.8, 4) is 0 Å². The van der Waals surface area contributed by atoms with Gasteiger partial charge in [0.1, 0.15) is 0 Å². The molecule has 0 aliphatic carbocycles. The van der Waals surface area contributed by atoms with Gasteiger partial charge in [-0.25, -0.2) is 0 Å². The molecule has 0 aromatic carbocycles. The molecule has 1 aromatic rings. The molecule has 0 saturated carbocycles. The van der Waals surface area contributed by atoms with Crippen molar-refractivity contribution in [3.05, 3.63) is 5.89 Å². The van der Waals surface area contributed by atoms with E-state index in [2.05, 4.69) is 20.8 Å². The third-order valence-corrected chi connectivity index (χ3v) is 2.17. The highest BCUT2D eigenvalue weighted by Crippen LogP contribution is 2.06. The van der Waals surface area contributed by atoms with Crippen LogP contribution in [0.4, 0.5) is 6.01 Å². The third kappa shape index (κ3) is 5.95. The fourth-order valence-corrected chi connectivity index (χ4v) is 1.30. The predicted molar refractivity (Wildman–Crippen MR) is 67.5 cm³/mol. The Bertz CT molecular complexity index is 319. The van der Waals surface area contributed by atoms with Gasteiger partial charge in [0.05, 0.1) is 25.8 Å². The molecule has 104 valence electrons. The van der Waals surface area contributed by atoms with E-state index in [-0.39, 0.29) is 6.04 Å². The molecule has 0 spiro atoms. The van der Waals surface area contributed by atoms with Crippen LogP contribution in [-0.4, -0.2) is 49.7 Å². The first-order valence-electron chi connectivity index (χ1n) is 6.12. The quantitative estimate of drug-likeness (QED) is 0.596. The molecule has 1 aromatic heterocycles. The van der Waals surface area contributed by atoms with Gasteiger partial charge >= 0.3 is 6.01 Å². The van der Waals surface area contributed by atoms with E-state index < -0.39 is 0 Å². The van der Waals surface area contributed by atoms with E-state index in [1.165, 1.54) is 0 Å². The van der Waals surface area contributed by atoms with Crippen LogP contribution in [0.1, 0.15) is 19.7 Å². The summed E-state index contributed by atoms with van der Waals surface area (Å²) in [6.45, 7) is 7.22. The lowest BCUT2D eigenvalue weighted by Gasteiger charge is -2.10. The van der Waals surface area contributed by atoms with Crippen LogP contribution in [-0.2, 0) is 16.0 Å². The normalized spacial score (nSPS) is 12.6. The summed E-state index contributed by atoms with van der Waals surface area (Å²) in [5.41, 5.74) is 0. The first-order chi connectivity index (χ1) is 8.76. The molecule has 1 heterocycles. The monoisotopic (exact) mass is 258 g/mol. The number of hydrogen-bond acceptors (Lipinski definition) is 7. The molecule has 0 aliphatic rings. The number of ether oxygens (including phenoxy) is 2. The standard InChI is InChI=1S/C11H22N4O3/c1-4-17-8-9(2)13-11-15-14-10(18-11)7-12-5-6-16-3/h9,12H,4-8H2,1-3H3,(H,13,15). The van der Waals surface area contributed by atoms with Crippen molar-refractivity contribution >= 4 is 6.01 Å². The zero-order valence-electron chi connectivity index (χ0n) is 11.2. The topological polar surface area (TPSA) is 81.4 Å². The van der Waals surface area contributed by atoms with Crippen LogP contribution < -0.4 is 10.6 Å². The Labute approximate surface area is 107 Å². The zero-order valence-corrected chi connectivity index (χ0v) is 11.2. The maximum absolute atomic E-state index is 5.42. The predicted octanol–water partition coefficient (Wildman–Crippen LogP) is 0.643. The van der Waals surface area contributed by atoms with Gasteiger partial charge in [-0.05, 0) is 13.8 Å². The SMILES string of the molecule is CCOCC(C)Nc1nnc(CNCCOC)o1. The summed E-state index contributed by atoms with van der Waals surface area (Å²) in [5, 5.41) is 14.0. The van der Waals surface area contributed by atoms with Crippen molar-refractivity contribution in [3.63, 3.8) is 0 Å². The Kier molecular flexibility index (Phi) is 7.31. The first-order valence-corrected chi connectivity index (χ1v) is 6.12. The molecule has 0 radical (unpaired) electrons. The minimum absolute atomic E-state index is 0.139. The summed E-state index contributed by atoms with van der Waals surface area (Å²) in [6.07, 6.45) is 0. The number of anilines is 1. The number of methoxy groups -OCH3 is 1. The molecule has 0 amide bonds. The third-order valence-electron chi connectivity index (χ3n) is 2.17. The maximum Gasteiger partial charge on any atom is 0.315 e. The molecule has 1 rings (SSSR count). The van der Waals surface area contributed by atoms with Crippen LogP contribution in [0.5, 0.6) is 0 Å². The van der Waals surface area contributed by atoms with E-state index in [0.717, 1.165) is 6.54 Å². The molecule has 7 heteroatoms. The summed E-state index contributed by atoms with van der Waals surface area (Å²) >= 11 is 0. The molecule has 1 unspecified atom stereocenters. The molecular weight excluding hydrogens is 236 g/mol. The fourth-order valence-electron chi connectivity index (χ4n) is 1.30. The largest absolute Gasteiger partial charge is 0.407 e. The molecule has 2 N–H and O–H groups in total. The average molecular weight is 258 g/mol. The summed E-state index contributed by atoms with van der Waals surface area (Å²) in [6, 6.07) is 0.561. The first kappa shape index (κ1) is 14.9. The van der Waals surface area contributed by atoms with E-state index in [9.17, 15) is 0 Å². The molecule has 1 atom stereocenters. The van der Waals surface area contributed by atoms with Crippen molar-refractivity contribution in [1.82, 2.24) is 15.5 Å². The lowest BCUT2D eigenvalue weighted by molar-refractivity contribution is 0.140. The number of rotatable bonds is 10. The van der Waals surface area contributed by atoms with Crippen molar-refractivity contribution < 1.29 is 13.9 Å². The van der Waals surface area contributed by atoms with Gasteiger partial charge in [-0.15, -0.1) is 5.10 Å². The second-order valence-electron chi connectivity index (χ2n) is 3.88. The van der Waals surface area contributed by atoms with Gasteiger partial charge in [0.25, 0.3) is 0 Å². The summed E-state index contributed by atoms with van der Waals surface area (Å²) in [4.78, 5) is 0. The minimum atomic E-state index is 0.139. The number of nitrogens with one attached hydrogen (secondary N) is 2. The van der Waals surface area contributed by atoms with Crippen LogP contribution in [0.2, 0.25) is 0 Å². The summed E-state index contributed by atoms with van der Waals surface area (Å²) in [7, 11) is 1.66. The van der Waals surface area contributed by atoms with Gasteiger partial charge in [-0.3, -0.25) is 0 Å². The summed E-state index contributed by atoms with van der Waals surface area (Å²) < 4.78 is 15.6. The number of nitrogens with zero attached hydrogens (tertiary/aromatic N) is 2. The fraction of sp³-hybridized carbons (Fsp3) is 0.818. The Hall–Kier alpha value is -1.18. The smallest absolute Gasteiger partial charge is 0.315 e. The molecule has 18 heavy (non-hydrogen) atoms. The van der Waals surface area contributed by atoms with Crippen molar-refractivity contribution in [2.75, 3.05) is 38.8 Å². The zero-order chi connectivity index (χ0) is 13.2.